The molecule has 0 aliphatic rings. The molecule has 0 aliphatic carbocycles. The number of hydrogen-bond donors (Lipinski definition) is 3. The number of amides is 1. The molecule has 0 bridgehead atoms. The van der Waals surface area contributed by atoms with E-state index in [9.17, 15) is 4.79 Å². The van der Waals surface area contributed by atoms with E-state index in [-0.39, 0.29) is 12.5 Å². The molecule has 0 aliphatic heterocycles. The SMILES string of the molecule is Cc1cccc(NC(=S)NNC(=O)COc2ccccc2-c2ccccc2)c1C. The van der Waals surface area contributed by atoms with Crippen LogP contribution in [0.2, 0.25) is 0 Å². The van der Waals surface area contributed by atoms with Crippen LogP contribution in [0.15, 0.2) is 72.8 Å². The van der Waals surface area contributed by atoms with Crippen LogP contribution in [-0.2, 0) is 4.79 Å². The fourth-order valence-corrected chi connectivity index (χ4v) is 2.96. The van der Waals surface area contributed by atoms with Crippen molar-refractivity contribution in [3.05, 3.63) is 83.9 Å². The number of benzene rings is 3. The van der Waals surface area contributed by atoms with Gasteiger partial charge in [0.05, 0.1) is 0 Å². The molecule has 5 nitrogen and oxygen atoms in total. The number of hydrogen-bond acceptors (Lipinski definition) is 3. The van der Waals surface area contributed by atoms with Gasteiger partial charge in [-0.3, -0.25) is 15.6 Å². The molecule has 0 atom stereocenters. The Kier molecular flexibility index (Phi) is 6.81. The molecule has 3 aromatic rings. The predicted molar refractivity (Wildman–Crippen MR) is 121 cm³/mol. The van der Waals surface area contributed by atoms with Gasteiger partial charge >= 0.3 is 0 Å². The van der Waals surface area contributed by atoms with Crippen LogP contribution < -0.4 is 20.9 Å². The van der Waals surface area contributed by atoms with Crippen molar-refractivity contribution in [2.24, 2.45) is 0 Å². The van der Waals surface area contributed by atoms with E-state index in [2.05, 4.69) is 16.2 Å². The fourth-order valence-electron chi connectivity index (χ4n) is 2.79. The molecule has 29 heavy (non-hydrogen) atoms. The zero-order valence-corrected chi connectivity index (χ0v) is 17.2. The molecule has 0 unspecified atom stereocenters. The third kappa shape index (κ3) is 5.56. The van der Waals surface area contributed by atoms with Gasteiger partial charge in [-0.1, -0.05) is 60.7 Å². The van der Waals surface area contributed by atoms with Crippen LogP contribution in [0.25, 0.3) is 11.1 Å². The molecule has 0 saturated heterocycles. The molecular formula is C23H23N3O2S. The highest BCUT2D eigenvalue weighted by molar-refractivity contribution is 7.80. The lowest BCUT2D eigenvalue weighted by molar-refractivity contribution is -0.123. The van der Waals surface area contributed by atoms with E-state index < -0.39 is 0 Å². The smallest absolute Gasteiger partial charge is 0.276 e. The van der Waals surface area contributed by atoms with Gasteiger partial charge in [0.15, 0.2) is 11.7 Å². The Morgan fingerprint density at radius 1 is 0.897 bits per heavy atom. The summed E-state index contributed by atoms with van der Waals surface area (Å²) < 4.78 is 5.72. The monoisotopic (exact) mass is 405 g/mol. The molecule has 0 fully saturated rings. The Morgan fingerprint density at radius 2 is 1.62 bits per heavy atom. The van der Waals surface area contributed by atoms with E-state index in [0.29, 0.717) is 10.9 Å². The third-order valence-corrected chi connectivity index (χ3v) is 4.70. The molecular weight excluding hydrogens is 382 g/mol. The second-order valence-corrected chi connectivity index (χ2v) is 6.93. The van der Waals surface area contributed by atoms with Gasteiger partial charge in [0.25, 0.3) is 5.91 Å². The summed E-state index contributed by atoms with van der Waals surface area (Å²) in [6.45, 7) is 3.91. The number of anilines is 1. The lowest BCUT2D eigenvalue weighted by Gasteiger charge is -2.15. The van der Waals surface area contributed by atoms with Crippen LogP contribution in [0.3, 0.4) is 0 Å². The first kappa shape index (κ1) is 20.4. The van der Waals surface area contributed by atoms with Crippen LogP contribution in [0.5, 0.6) is 5.75 Å². The van der Waals surface area contributed by atoms with Crippen LogP contribution in [0.1, 0.15) is 11.1 Å². The van der Waals surface area contributed by atoms with Gasteiger partial charge < -0.3 is 10.1 Å². The zero-order chi connectivity index (χ0) is 20.6. The van der Waals surface area contributed by atoms with E-state index >= 15 is 0 Å². The van der Waals surface area contributed by atoms with Gasteiger partial charge in [0.1, 0.15) is 5.75 Å². The number of carbonyl (C=O) groups is 1. The second-order valence-electron chi connectivity index (χ2n) is 6.53. The van der Waals surface area contributed by atoms with E-state index in [1.807, 2.05) is 86.6 Å². The normalized spacial score (nSPS) is 10.1. The average molecular weight is 406 g/mol. The van der Waals surface area contributed by atoms with Gasteiger partial charge in [-0.15, -0.1) is 0 Å². The number of aryl methyl sites for hydroxylation is 1. The van der Waals surface area contributed by atoms with Crippen molar-refractivity contribution in [1.29, 1.82) is 0 Å². The first-order valence-corrected chi connectivity index (χ1v) is 9.64. The van der Waals surface area contributed by atoms with E-state index in [4.69, 9.17) is 17.0 Å². The summed E-state index contributed by atoms with van der Waals surface area (Å²) in [6, 6.07) is 23.4. The van der Waals surface area contributed by atoms with Gasteiger partial charge in [0.2, 0.25) is 0 Å². The van der Waals surface area contributed by atoms with Crippen molar-refractivity contribution in [2.45, 2.75) is 13.8 Å². The maximum Gasteiger partial charge on any atom is 0.276 e. The summed E-state index contributed by atoms with van der Waals surface area (Å²) in [4.78, 5) is 12.2. The van der Waals surface area contributed by atoms with Crippen molar-refractivity contribution in [1.82, 2.24) is 10.9 Å². The molecule has 3 aromatic carbocycles. The highest BCUT2D eigenvalue weighted by Crippen LogP contribution is 2.29. The Bertz CT molecular complexity index is 1010. The van der Waals surface area contributed by atoms with Gasteiger partial charge in [-0.2, -0.15) is 0 Å². The first-order chi connectivity index (χ1) is 14.0. The van der Waals surface area contributed by atoms with Crippen molar-refractivity contribution in [2.75, 3.05) is 11.9 Å². The van der Waals surface area contributed by atoms with E-state index in [1.165, 1.54) is 0 Å². The average Bonchev–Trinajstić information content (AvgIpc) is 2.75. The lowest BCUT2D eigenvalue weighted by atomic mass is 10.1. The molecule has 0 aromatic heterocycles. The van der Waals surface area contributed by atoms with Crippen molar-refractivity contribution in [3.8, 4) is 16.9 Å². The number of para-hydroxylation sites is 1. The molecule has 3 rings (SSSR count). The molecule has 6 heteroatoms. The number of ether oxygens (including phenoxy) is 1. The summed E-state index contributed by atoms with van der Waals surface area (Å²) in [7, 11) is 0. The van der Waals surface area contributed by atoms with Crippen molar-refractivity contribution < 1.29 is 9.53 Å². The molecule has 0 heterocycles. The molecule has 148 valence electrons. The summed E-state index contributed by atoms with van der Waals surface area (Å²) in [5.41, 5.74) is 10.4. The van der Waals surface area contributed by atoms with Crippen LogP contribution >= 0.6 is 12.2 Å². The molecule has 1 amide bonds. The minimum Gasteiger partial charge on any atom is -0.483 e. The summed E-state index contributed by atoms with van der Waals surface area (Å²) >= 11 is 5.24. The molecule has 0 radical (unpaired) electrons. The molecule has 0 spiro atoms. The number of hydrazine groups is 1. The van der Waals surface area contributed by atoms with Crippen LogP contribution in [-0.4, -0.2) is 17.6 Å². The first-order valence-electron chi connectivity index (χ1n) is 9.24. The third-order valence-electron chi connectivity index (χ3n) is 4.50. The fraction of sp³-hybridized carbons (Fsp3) is 0.130. The number of nitrogens with one attached hydrogen (secondary N) is 3. The maximum absolute atomic E-state index is 12.2. The van der Waals surface area contributed by atoms with E-state index in [0.717, 1.165) is 27.9 Å². The molecule has 3 N–H and O–H groups in total. The topological polar surface area (TPSA) is 62.4 Å². The van der Waals surface area contributed by atoms with Gasteiger partial charge in [-0.25, -0.2) is 0 Å². The number of carbonyl (C=O) groups excluding carboxylic acids is 1. The minimum absolute atomic E-state index is 0.136. The Morgan fingerprint density at radius 3 is 2.41 bits per heavy atom. The zero-order valence-electron chi connectivity index (χ0n) is 16.4. The highest BCUT2D eigenvalue weighted by Gasteiger charge is 2.09. The minimum atomic E-state index is -0.335. The van der Waals surface area contributed by atoms with E-state index in [1.54, 1.807) is 0 Å². The lowest BCUT2D eigenvalue weighted by Crippen LogP contribution is -2.45. The number of thiocarbonyl (C=S) groups is 1. The summed E-state index contributed by atoms with van der Waals surface area (Å²) in [5, 5.41) is 3.38. The van der Waals surface area contributed by atoms with Gasteiger partial charge in [-0.05, 0) is 54.9 Å². The van der Waals surface area contributed by atoms with Crippen LogP contribution in [0.4, 0.5) is 5.69 Å². The molecule has 0 saturated carbocycles. The van der Waals surface area contributed by atoms with Crippen LogP contribution in [0, 0.1) is 13.8 Å². The quantitative estimate of drug-likeness (QED) is 0.435. The largest absolute Gasteiger partial charge is 0.483 e. The Hall–Kier alpha value is -3.38. The van der Waals surface area contributed by atoms with Crippen molar-refractivity contribution in [3.63, 3.8) is 0 Å². The predicted octanol–water partition coefficient (Wildman–Crippen LogP) is 4.37. The highest BCUT2D eigenvalue weighted by atomic mass is 32.1. The second kappa shape index (κ2) is 9.71. The summed E-state index contributed by atoms with van der Waals surface area (Å²) in [6.07, 6.45) is 0. The number of rotatable bonds is 5. The Balaban J connectivity index is 1.52. The van der Waals surface area contributed by atoms with Crippen molar-refractivity contribution >= 4 is 28.9 Å². The Labute approximate surface area is 176 Å². The summed E-state index contributed by atoms with van der Waals surface area (Å²) in [5.74, 6) is 0.308. The maximum atomic E-state index is 12.2. The standard InChI is InChI=1S/C23H23N3O2S/c1-16-9-8-13-20(17(16)2)24-23(29)26-25-22(27)15-28-21-14-7-6-12-19(21)18-10-4-3-5-11-18/h3-14H,15H2,1-2H3,(H,25,27)(H2,24,26,29). The van der Waals surface area contributed by atoms with Gasteiger partial charge in [0, 0.05) is 11.3 Å².